The van der Waals surface area contributed by atoms with Crippen molar-refractivity contribution < 1.29 is 0 Å². The fourth-order valence-corrected chi connectivity index (χ4v) is 28.9. The molecule has 0 aromatic heterocycles. The van der Waals surface area contributed by atoms with E-state index in [2.05, 4.69) is 57.0 Å². The van der Waals surface area contributed by atoms with Gasteiger partial charge in [0.15, 0.2) is 0 Å². The van der Waals surface area contributed by atoms with Crippen molar-refractivity contribution in [2.75, 3.05) is 0 Å². The number of allylic oxidation sites excluding steroid dienone is 2. The Morgan fingerprint density at radius 1 is 0.680 bits per heavy atom. The fraction of sp³-hybridized carbons (Fsp3) is 0.913. The molecule has 0 amide bonds. The zero-order valence-electron chi connectivity index (χ0n) is 19.0. The van der Waals surface area contributed by atoms with Crippen molar-refractivity contribution in [1.82, 2.24) is 0 Å². The summed E-state index contributed by atoms with van der Waals surface area (Å²) in [5.74, 6) is 0. The zero-order chi connectivity index (χ0) is 19.2. The molecule has 25 heavy (non-hydrogen) atoms. The molecule has 0 aliphatic carbocycles. The SMILES string of the molecule is CCCCC/C=[C](/C[Si](C)(C)C)[Sn]([CH2]CCC)([CH2]CCC)[CH2]CCC. The monoisotopic (exact) mass is 474 g/mol. The van der Waals surface area contributed by atoms with Gasteiger partial charge in [0.05, 0.1) is 0 Å². The first kappa shape index (κ1) is 25.8. The third kappa shape index (κ3) is 11.9. The second-order valence-electron chi connectivity index (χ2n) is 9.55. The average Bonchev–Trinajstić information content (AvgIpc) is 2.56. The summed E-state index contributed by atoms with van der Waals surface area (Å²) in [5.41, 5.74) is 0. The second-order valence-corrected chi connectivity index (χ2v) is 28.5. The van der Waals surface area contributed by atoms with Crippen LogP contribution in [0.5, 0.6) is 0 Å². The van der Waals surface area contributed by atoms with E-state index in [-0.39, 0.29) is 0 Å². The summed E-state index contributed by atoms with van der Waals surface area (Å²) in [6, 6.07) is 1.52. The van der Waals surface area contributed by atoms with Crippen molar-refractivity contribution in [3.63, 3.8) is 0 Å². The third-order valence-electron chi connectivity index (χ3n) is 5.63. The van der Waals surface area contributed by atoms with Crippen LogP contribution in [0.1, 0.15) is 91.9 Å². The Balaban J connectivity index is 5.60. The van der Waals surface area contributed by atoms with Gasteiger partial charge in [-0.3, -0.25) is 0 Å². The van der Waals surface area contributed by atoms with Crippen molar-refractivity contribution in [2.24, 2.45) is 0 Å². The van der Waals surface area contributed by atoms with Gasteiger partial charge >= 0.3 is 167 Å². The third-order valence-corrected chi connectivity index (χ3v) is 24.3. The molecule has 0 N–H and O–H groups in total. The van der Waals surface area contributed by atoms with E-state index in [0.29, 0.717) is 0 Å². The van der Waals surface area contributed by atoms with Crippen molar-refractivity contribution in [3.05, 3.63) is 9.67 Å². The van der Waals surface area contributed by atoms with Gasteiger partial charge in [-0.1, -0.05) is 0 Å². The first-order valence-corrected chi connectivity index (χ1v) is 22.7. The van der Waals surface area contributed by atoms with Gasteiger partial charge in [-0.15, -0.1) is 0 Å². The molecule has 0 radical (unpaired) electrons. The molecule has 0 aromatic rings. The van der Waals surface area contributed by atoms with Crippen LogP contribution in [0.15, 0.2) is 9.67 Å². The molecule has 0 atom stereocenters. The van der Waals surface area contributed by atoms with Crippen LogP contribution in [0.3, 0.4) is 0 Å². The molecule has 0 spiro atoms. The Kier molecular flexibility index (Phi) is 15.2. The first-order valence-electron chi connectivity index (χ1n) is 11.5. The predicted octanol–water partition coefficient (Wildman–Crippen LogP) is 9.22. The Morgan fingerprint density at radius 2 is 1.12 bits per heavy atom. The van der Waals surface area contributed by atoms with E-state index in [9.17, 15) is 0 Å². The summed E-state index contributed by atoms with van der Waals surface area (Å²) in [7, 11) is -1.03. The molecule has 0 heterocycles. The fourth-order valence-electron chi connectivity index (χ4n) is 4.12. The van der Waals surface area contributed by atoms with E-state index >= 15 is 0 Å². The van der Waals surface area contributed by atoms with Crippen molar-refractivity contribution in [1.29, 1.82) is 0 Å². The van der Waals surface area contributed by atoms with Gasteiger partial charge in [0.1, 0.15) is 0 Å². The van der Waals surface area contributed by atoms with E-state index in [4.69, 9.17) is 0 Å². The summed E-state index contributed by atoms with van der Waals surface area (Å²) < 4.78 is 7.04. The minimum absolute atomic E-state index is 1.03. The molecular weight excluding hydrogens is 423 g/mol. The molecule has 0 fully saturated rings. The number of unbranched alkanes of at least 4 members (excludes halogenated alkanes) is 6. The summed E-state index contributed by atoms with van der Waals surface area (Å²) in [4.78, 5) is 0. The molecular formula is C23H50SiSn. The van der Waals surface area contributed by atoms with E-state index in [1.807, 2.05) is 0 Å². The number of hydrogen-bond donors (Lipinski definition) is 0. The van der Waals surface area contributed by atoms with Gasteiger partial charge in [0, 0.05) is 0 Å². The minimum atomic E-state index is -2.18. The molecule has 0 bridgehead atoms. The number of hydrogen-bond acceptors (Lipinski definition) is 0. The van der Waals surface area contributed by atoms with Gasteiger partial charge in [-0.05, 0) is 0 Å². The van der Waals surface area contributed by atoms with Gasteiger partial charge < -0.3 is 0 Å². The van der Waals surface area contributed by atoms with Gasteiger partial charge in [-0.2, -0.15) is 0 Å². The molecule has 0 nitrogen and oxygen atoms in total. The van der Waals surface area contributed by atoms with Gasteiger partial charge in [0.2, 0.25) is 0 Å². The summed E-state index contributed by atoms with van der Waals surface area (Å²) >= 11 is -2.18. The van der Waals surface area contributed by atoms with Crippen LogP contribution in [-0.4, -0.2) is 26.5 Å². The molecule has 0 aromatic carbocycles. The quantitative estimate of drug-likeness (QED) is 0.155. The molecule has 0 rings (SSSR count). The molecule has 0 aliphatic heterocycles. The Bertz CT molecular complexity index is 319. The van der Waals surface area contributed by atoms with Crippen LogP contribution in [0.4, 0.5) is 0 Å². The van der Waals surface area contributed by atoms with Crippen LogP contribution in [0, 0.1) is 0 Å². The summed E-state index contributed by atoms with van der Waals surface area (Å²) in [5, 5.41) is 0. The van der Waals surface area contributed by atoms with E-state index < -0.39 is 26.5 Å². The topological polar surface area (TPSA) is 0 Å². The molecule has 2 heteroatoms. The molecule has 0 unspecified atom stereocenters. The van der Waals surface area contributed by atoms with Crippen molar-refractivity contribution in [2.45, 2.75) is 131 Å². The standard InChI is InChI=1S/C11H23Si.3C4H9.Sn/c1-5-6-7-8-9-10-11-12(2,3)4;3*1-3-4-2;/h9H,5-8,11H2,1-4H3;3*1,3-4H2,2H3;. The van der Waals surface area contributed by atoms with Crippen molar-refractivity contribution in [3.8, 4) is 0 Å². The molecule has 0 aliphatic rings. The normalized spacial score (nSPS) is 13.5. The Hall–Kier alpha value is 0.756. The summed E-state index contributed by atoms with van der Waals surface area (Å²) in [6.45, 7) is 17.3. The van der Waals surface area contributed by atoms with Crippen LogP contribution >= 0.6 is 0 Å². The maximum atomic E-state index is 2.82. The second kappa shape index (κ2) is 14.8. The van der Waals surface area contributed by atoms with E-state index in [1.54, 1.807) is 13.3 Å². The molecule has 0 saturated carbocycles. The number of rotatable bonds is 16. The first-order chi connectivity index (χ1) is 11.8. The van der Waals surface area contributed by atoms with E-state index in [0.717, 1.165) is 0 Å². The van der Waals surface area contributed by atoms with Crippen LogP contribution in [0.25, 0.3) is 0 Å². The predicted molar refractivity (Wildman–Crippen MR) is 125 cm³/mol. The Morgan fingerprint density at radius 3 is 1.48 bits per heavy atom. The van der Waals surface area contributed by atoms with Crippen LogP contribution in [0.2, 0.25) is 39.0 Å². The van der Waals surface area contributed by atoms with Gasteiger partial charge in [0.25, 0.3) is 0 Å². The van der Waals surface area contributed by atoms with E-state index in [1.165, 1.54) is 70.3 Å². The maximum absolute atomic E-state index is 2.82. The Labute approximate surface area is 166 Å². The molecule has 0 saturated heterocycles. The van der Waals surface area contributed by atoms with Crippen LogP contribution in [-0.2, 0) is 0 Å². The zero-order valence-corrected chi connectivity index (χ0v) is 22.8. The molecule has 150 valence electrons. The summed E-state index contributed by atoms with van der Waals surface area (Å²) in [6.07, 6.45) is 17.1. The van der Waals surface area contributed by atoms with Gasteiger partial charge in [-0.25, -0.2) is 0 Å². The average molecular weight is 473 g/mol. The van der Waals surface area contributed by atoms with Crippen molar-refractivity contribution >= 4 is 26.5 Å². The van der Waals surface area contributed by atoms with Crippen LogP contribution < -0.4 is 0 Å².